The van der Waals surface area contributed by atoms with Gasteiger partial charge in [0.05, 0.1) is 12.3 Å². The molecule has 0 saturated heterocycles. The number of nitrogens with zero attached hydrogens (tertiary/aromatic N) is 3. The quantitative estimate of drug-likeness (QED) is 0.554. The van der Waals surface area contributed by atoms with Gasteiger partial charge in [0.1, 0.15) is 11.7 Å². The Morgan fingerprint density at radius 2 is 2.00 bits per heavy atom. The maximum atomic E-state index is 9.85. The highest BCUT2D eigenvalue weighted by Crippen LogP contribution is 2.25. The summed E-state index contributed by atoms with van der Waals surface area (Å²) < 4.78 is 13.0. The number of ether oxygens (including phenoxy) is 2. The minimum atomic E-state index is -1.06. The van der Waals surface area contributed by atoms with E-state index in [0.717, 1.165) is 11.3 Å². The second-order valence-corrected chi connectivity index (χ2v) is 6.14. The Morgan fingerprint density at radius 3 is 2.58 bits per heavy atom. The maximum Gasteiger partial charge on any atom is 0.217 e. The Labute approximate surface area is 147 Å². The first kappa shape index (κ1) is 18.9. The molecule has 0 aliphatic carbocycles. The van der Waals surface area contributed by atoms with Crippen LogP contribution in [0.3, 0.4) is 0 Å². The third-order valence-electron chi connectivity index (χ3n) is 3.64. The lowest BCUT2D eigenvalue weighted by Gasteiger charge is -2.25. The lowest BCUT2D eigenvalue weighted by molar-refractivity contribution is -0.194. The lowest BCUT2D eigenvalue weighted by Crippen LogP contribution is -2.37. The Kier molecular flexibility index (Phi) is 7.20. The number of hydrogen-bond donors (Lipinski definition) is 1. The van der Waals surface area contributed by atoms with Gasteiger partial charge in [0.2, 0.25) is 6.41 Å². The van der Waals surface area contributed by atoms with Crippen molar-refractivity contribution in [3.05, 3.63) is 53.9 Å². The predicted molar refractivity (Wildman–Crippen MR) is 92.5 cm³/mol. The van der Waals surface area contributed by atoms with E-state index >= 15 is 0 Å². The molecule has 2 aromatic rings. The molecule has 0 fully saturated rings. The summed E-state index contributed by atoms with van der Waals surface area (Å²) in [4.78, 5) is 1.63. The van der Waals surface area contributed by atoms with Crippen molar-refractivity contribution in [1.29, 1.82) is 0 Å². The van der Waals surface area contributed by atoms with Gasteiger partial charge in [-0.25, -0.2) is 0 Å². The molecule has 1 aromatic heterocycles. The third-order valence-corrected chi connectivity index (χ3v) is 3.75. The van der Waals surface area contributed by atoms with Crippen LogP contribution in [-0.4, -0.2) is 52.0 Å². The van der Waals surface area contributed by atoms with Gasteiger partial charge in [-0.15, -0.1) is 0 Å². The van der Waals surface area contributed by atoms with Gasteiger partial charge in [-0.1, -0.05) is 41.9 Å². The van der Waals surface area contributed by atoms with Crippen LogP contribution in [0.25, 0.3) is 0 Å². The SMILES string of the molecule is CC(Cl)OC(O)N(C)CCO[C@@H](c1ccccc1)c1ccnn1C. The van der Waals surface area contributed by atoms with Crippen LogP contribution in [0, 0.1) is 0 Å². The van der Waals surface area contributed by atoms with E-state index in [-0.39, 0.29) is 6.10 Å². The van der Waals surface area contributed by atoms with Gasteiger partial charge in [-0.3, -0.25) is 9.58 Å². The zero-order valence-electron chi connectivity index (χ0n) is 14.2. The molecule has 0 radical (unpaired) electrons. The van der Waals surface area contributed by atoms with E-state index in [0.29, 0.717) is 13.2 Å². The largest absolute Gasteiger partial charge is 0.366 e. The molecular weight excluding hydrogens is 330 g/mol. The lowest BCUT2D eigenvalue weighted by atomic mass is 10.1. The number of rotatable bonds is 9. The molecule has 2 unspecified atom stereocenters. The molecule has 0 saturated carbocycles. The number of aliphatic hydroxyl groups excluding tert-OH is 1. The molecular formula is C17H24ClN3O3. The van der Waals surface area contributed by atoms with Gasteiger partial charge >= 0.3 is 0 Å². The first-order valence-corrected chi connectivity index (χ1v) is 8.25. The standard InChI is InChI=1S/C17H24ClN3O3/c1-13(18)24-17(22)20(2)11-12-23-16(14-7-5-4-6-8-14)15-9-10-19-21(15)3/h4-10,13,16-17,22H,11-12H2,1-3H3/t13?,16-,17?/m0/s1. The van der Waals surface area contributed by atoms with Crippen molar-refractivity contribution in [2.24, 2.45) is 7.05 Å². The summed E-state index contributed by atoms with van der Waals surface area (Å²) in [5, 5.41) is 14.1. The number of halogens is 1. The molecule has 0 aliphatic heterocycles. The van der Waals surface area contributed by atoms with Crippen molar-refractivity contribution < 1.29 is 14.6 Å². The number of aryl methyl sites for hydroxylation is 1. The fraction of sp³-hybridized carbons (Fsp3) is 0.471. The second-order valence-electron chi connectivity index (χ2n) is 5.53. The summed E-state index contributed by atoms with van der Waals surface area (Å²) in [6.07, 6.45) is 0.463. The van der Waals surface area contributed by atoms with Crippen molar-refractivity contribution in [2.75, 3.05) is 20.2 Å². The van der Waals surface area contributed by atoms with Crippen LogP contribution in [0.4, 0.5) is 0 Å². The maximum absolute atomic E-state index is 9.85. The van der Waals surface area contributed by atoms with Crippen molar-refractivity contribution in [3.8, 4) is 0 Å². The molecule has 0 spiro atoms. The molecule has 2 rings (SSSR count). The average molecular weight is 354 g/mol. The average Bonchev–Trinajstić information content (AvgIpc) is 2.97. The van der Waals surface area contributed by atoms with E-state index in [9.17, 15) is 5.11 Å². The molecule has 3 atom stereocenters. The van der Waals surface area contributed by atoms with Crippen LogP contribution < -0.4 is 0 Å². The van der Waals surface area contributed by atoms with Gasteiger partial charge in [0, 0.05) is 19.8 Å². The normalized spacial score (nSPS) is 15.4. The van der Waals surface area contributed by atoms with E-state index in [2.05, 4.69) is 5.10 Å². The fourth-order valence-electron chi connectivity index (χ4n) is 2.32. The zero-order valence-corrected chi connectivity index (χ0v) is 14.9. The van der Waals surface area contributed by atoms with Crippen LogP contribution in [0.2, 0.25) is 0 Å². The summed E-state index contributed by atoms with van der Waals surface area (Å²) in [7, 11) is 3.63. The number of likely N-dealkylation sites (N-methyl/N-ethyl adjacent to an activating group) is 1. The number of aromatic nitrogens is 2. The summed E-state index contributed by atoms with van der Waals surface area (Å²) in [6, 6.07) is 11.9. The van der Waals surface area contributed by atoms with Gasteiger partial charge in [0.25, 0.3) is 0 Å². The summed E-state index contributed by atoms with van der Waals surface area (Å²) >= 11 is 5.72. The summed E-state index contributed by atoms with van der Waals surface area (Å²) in [6.45, 7) is 2.56. The molecule has 1 N–H and O–H groups in total. The Morgan fingerprint density at radius 1 is 1.29 bits per heavy atom. The smallest absolute Gasteiger partial charge is 0.217 e. The van der Waals surface area contributed by atoms with Crippen molar-refractivity contribution in [2.45, 2.75) is 25.0 Å². The number of aliphatic hydroxyl groups is 1. The molecule has 0 amide bonds. The molecule has 7 heteroatoms. The van der Waals surface area contributed by atoms with Gasteiger partial charge in [-0.2, -0.15) is 5.10 Å². The van der Waals surface area contributed by atoms with Crippen LogP contribution in [0.15, 0.2) is 42.6 Å². The van der Waals surface area contributed by atoms with Gasteiger partial charge in [0.15, 0.2) is 0 Å². The number of hydrogen-bond acceptors (Lipinski definition) is 5. The first-order chi connectivity index (χ1) is 11.5. The van der Waals surface area contributed by atoms with E-state index in [1.165, 1.54) is 0 Å². The minimum Gasteiger partial charge on any atom is -0.366 e. The summed E-state index contributed by atoms with van der Waals surface area (Å²) in [5.74, 6) is 0. The van der Waals surface area contributed by atoms with E-state index < -0.39 is 12.0 Å². The molecule has 1 aromatic carbocycles. The van der Waals surface area contributed by atoms with Crippen molar-refractivity contribution >= 4 is 11.6 Å². The molecule has 24 heavy (non-hydrogen) atoms. The fourth-order valence-corrected chi connectivity index (χ4v) is 2.41. The highest BCUT2D eigenvalue weighted by molar-refractivity contribution is 6.19. The van der Waals surface area contributed by atoms with Crippen LogP contribution in [-0.2, 0) is 16.5 Å². The topological polar surface area (TPSA) is 59.8 Å². The van der Waals surface area contributed by atoms with E-state index in [4.69, 9.17) is 21.1 Å². The van der Waals surface area contributed by atoms with Gasteiger partial charge in [-0.05, 0) is 25.6 Å². The van der Waals surface area contributed by atoms with Gasteiger partial charge < -0.3 is 14.6 Å². The van der Waals surface area contributed by atoms with E-state index in [1.807, 2.05) is 43.4 Å². The van der Waals surface area contributed by atoms with Crippen molar-refractivity contribution in [1.82, 2.24) is 14.7 Å². The molecule has 0 aliphatic rings. The Balaban J connectivity index is 1.99. The third kappa shape index (κ3) is 5.29. The Bertz CT molecular complexity index is 606. The number of benzene rings is 1. The first-order valence-electron chi connectivity index (χ1n) is 7.81. The van der Waals surface area contributed by atoms with E-state index in [1.54, 1.807) is 29.7 Å². The van der Waals surface area contributed by atoms with Crippen LogP contribution >= 0.6 is 11.6 Å². The predicted octanol–water partition coefficient (Wildman–Crippen LogP) is 2.34. The molecule has 132 valence electrons. The minimum absolute atomic E-state index is 0.225. The monoisotopic (exact) mass is 353 g/mol. The molecule has 1 heterocycles. The highest BCUT2D eigenvalue weighted by atomic mass is 35.5. The summed E-state index contributed by atoms with van der Waals surface area (Å²) in [5.41, 5.74) is 1.46. The number of alkyl halides is 1. The van der Waals surface area contributed by atoms with Crippen molar-refractivity contribution in [3.63, 3.8) is 0 Å². The second kappa shape index (κ2) is 9.15. The van der Waals surface area contributed by atoms with Crippen LogP contribution in [0.5, 0.6) is 0 Å². The molecule has 6 nitrogen and oxygen atoms in total. The zero-order chi connectivity index (χ0) is 17.5. The Hall–Kier alpha value is -1.44. The van der Waals surface area contributed by atoms with Crippen LogP contribution in [0.1, 0.15) is 24.3 Å². The molecule has 0 bridgehead atoms. The highest BCUT2D eigenvalue weighted by Gasteiger charge is 2.19.